The molecule has 0 spiro atoms. The molecule has 0 radical (unpaired) electrons. The van der Waals surface area contributed by atoms with Crippen molar-refractivity contribution >= 4 is 0 Å². The van der Waals surface area contributed by atoms with Gasteiger partial charge in [0.05, 0.1) is 12.1 Å². The van der Waals surface area contributed by atoms with Crippen molar-refractivity contribution in [3.8, 4) is 0 Å². The maximum absolute atomic E-state index is 10.6. The molecule has 2 unspecified atom stereocenters. The summed E-state index contributed by atoms with van der Waals surface area (Å²) >= 11 is 0. The fourth-order valence-corrected chi connectivity index (χ4v) is 3.15. The van der Waals surface area contributed by atoms with Gasteiger partial charge in [0, 0.05) is 25.5 Å². The summed E-state index contributed by atoms with van der Waals surface area (Å²) in [7, 11) is 0. The third-order valence-corrected chi connectivity index (χ3v) is 4.07. The van der Waals surface area contributed by atoms with Gasteiger partial charge in [-0.05, 0) is 25.2 Å². The lowest BCUT2D eigenvalue weighted by atomic mass is 9.79. The zero-order chi connectivity index (χ0) is 13.7. The molecule has 2 rings (SSSR count). The largest absolute Gasteiger partial charge is 0.389 e. The van der Waals surface area contributed by atoms with Crippen LogP contribution in [0.1, 0.15) is 51.8 Å². The molecule has 0 aliphatic heterocycles. The number of aliphatic hydroxyl groups is 1. The molecule has 0 aromatic carbocycles. The van der Waals surface area contributed by atoms with Crippen LogP contribution < -0.4 is 5.32 Å². The topological polar surface area (TPSA) is 50.1 Å². The molecular formula is C15H27N3O. The van der Waals surface area contributed by atoms with Gasteiger partial charge in [-0.3, -0.25) is 0 Å². The van der Waals surface area contributed by atoms with Crippen molar-refractivity contribution in [2.24, 2.45) is 5.92 Å². The summed E-state index contributed by atoms with van der Waals surface area (Å²) in [4.78, 5) is 4.37. The SMILES string of the molecule is CCCn1ccnc1CNCC1(O)CCCC(C)C1. The van der Waals surface area contributed by atoms with Crippen LogP contribution in [0.25, 0.3) is 0 Å². The van der Waals surface area contributed by atoms with E-state index in [4.69, 9.17) is 0 Å². The summed E-state index contributed by atoms with van der Waals surface area (Å²) in [6.45, 7) is 6.83. The summed E-state index contributed by atoms with van der Waals surface area (Å²) < 4.78 is 2.18. The van der Waals surface area contributed by atoms with Crippen LogP contribution in [-0.2, 0) is 13.1 Å². The minimum absolute atomic E-state index is 0.514. The molecule has 1 aliphatic rings. The summed E-state index contributed by atoms with van der Waals surface area (Å²) in [6.07, 6.45) is 9.23. The Hall–Kier alpha value is -0.870. The first-order chi connectivity index (χ1) is 9.13. The number of rotatable bonds is 6. The van der Waals surface area contributed by atoms with Gasteiger partial charge in [0.15, 0.2) is 0 Å². The van der Waals surface area contributed by atoms with Crippen molar-refractivity contribution in [3.63, 3.8) is 0 Å². The molecule has 1 heterocycles. The van der Waals surface area contributed by atoms with Crippen molar-refractivity contribution < 1.29 is 5.11 Å². The van der Waals surface area contributed by atoms with Crippen molar-refractivity contribution in [1.82, 2.24) is 14.9 Å². The quantitative estimate of drug-likeness (QED) is 0.830. The molecule has 1 aliphatic carbocycles. The molecule has 0 bridgehead atoms. The number of hydrogen-bond donors (Lipinski definition) is 2. The summed E-state index contributed by atoms with van der Waals surface area (Å²) in [5.74, 6) is 1.71. The molecule has 19 heavy (non-hydrogen) atoms. The predicted octanol–water partition coefficient (Wildman–Crippen LogP) is 2.32. The Kier molecular flexibility index (Phi) is 4.99. The lowest BCUT2D eigenvalue weighted by Crippen LogP contribution is -2.44. The maximum Gasteiger partial charge on any atom is 0.122 e. The van der Waals surface area contributed by atoms with E-state index in [0.29, 0.717) is 12.5 Å². The molecule has 0 amide bonds. The number of nitrogens with zero attached hydrogens (tertiary/aromatic N) is 2. The van der Waals surface area contributed by atoms with Crippen molar-refractivity contribution in [2.75, 3.05) is 6.54 Å². The lowest BCUT2D eigenvalue weighted by Gasteiger charge is -2.35. The standard InChI is InChI=1S/C15H27N3O/c1-3-8-18-9-7-17-14(18)11-16-12-15(19)6-4-5-13(2)10-15/h7,9,13,16,19H,3-6,8,10-12H2,1-2H3. The van der Waals surface area contributed by atoms with Crippen LogP contribution in [0.5, 0.6) is 0 Å². The summed E-state index contributed by atoms with van der Waals surface area (Å²) in [5.41, 5.74) is -0.514. The van der Waals surface area contributed by atoms with E-state index in [2.05, 4.69) is 28.7 Å². The third kappa shape index (κ3) is 4.05. The van der Waals surface area contributed by atoms with Gasteiger partial charge in [0.1, 0.15) is 5.82 Å². The second kappa shape index (κ2) is 6.53. The highest BCUT2D eigenvalue weighted by atomic mass is 16.3. The number of aryl methyl sites for hydroxylation is 1. The van der Waals surface area contributed by atoms with E-state index >= 15 is 0 Å². The molecule has 2 N–H and O–H groups in total. The van der Waals surface area contributed by atoms with E-state index in [1.165, 1.54) is 6.42 Å². The fraction of sp³-hybridized carbons (Fsp3) is 0.800. The van der Waals surface area contributed by atoms with E-state index in [9.17, 15) is 5.11 Å². The average molecular weight is 265 g/mol. The minimum atomic E-state index is -0.514. The smallest absolute Gasteiger partial charge is 0.122 e. The monoisotopic (exact) mass is 265 g/mol. The Morgan fingerprint density at radius 3 is 3.16 bits per heavy atom. The zero-order valence-corrected chi connectivity index (χ0v) is 12.2. The van der Waals surface area contributed by atoms with E-state index in [0.717, 1.165) is 44.6 Å². The van der Waals surface area contributed by atoms with E-state index in [1.807, 2.05) is 12.4 Å². The normalized spacial score (nSPS) is 27.6. The number of aromatic nitrogens is 2. The predicted molar refractivity (Wildman–Crippen MR) is 76.8 cm³/mol. The van der Waals surface area contributed by atoms with Gasteiger partial charge >= 0.3 is 0 Å². The van der Waals surface area contributed by atoms with E-state index < -0.39 is 5.60 Å². The second-order valence-corrected chi connectivity index (χ2v) is 6.07. The zero-order valence-electron chi connectivity index (χ0n) is 12.2. The Morgan fingerprint density at radius 2 is 2.42 bits per heavy atom. The van der Waals surface area contributed by atoms with Crippen LogP contribution in [0.3, 0.4) is 0 Å². The van der Waals surface area contributed by atoms with Crippen molar-refractivity contribution in [1.29, 1.82) is 0 Å². The molecule has 1 fully saturated rings. The number of imidazole rings is 1. The van der Waals surface area contributed by atoms with E-state index in [1.54, 1.807) is 0 Å². The Bertz CT molecular complexity index is 390. The Labute approximate surface area is 116 Å². The Morgan fingerprint density at radius 1 is 1.58 bits per heavy atom. The lowest BCUT2D eigenvalue weighted by molar-refractivity contribution is -0.0120. The van der Waals surface area contributed by atoms with Gasteiger partial charge in [-0.2, -0.15) is 0 Å². The highest BCUT2D eigenvalue weighted by Gasteiger charge is 2.32. The van der Waals surface area contributed by atoms with Gasteiger partial charge in [-0.15, -0.1) is 0 Å². The molecule has 2 atom stereocenters. The van der Waals surface area contributed by atoms with Gasteiger partial charge in [0.25, 0.3) is 0 Å². The molecule has 1 aromatic heterocycles. The number of nitrogens with one attached hydrogen (secondary N) is 1. The summed E-state index contributed by atoms with van der Waals surface area (Å²) in [6, 6.07) is 0. The fourth-order valence-electron chi connectivity index (χ4n) is 3.15. The highest BCUT2D eigenvalue weighted by Crippen LogP contribution is 2.31. The molecule has 1 aromatic rings. The van der Waals surface area contributed by atoms with Gasteiger partial charge in [-0.25, -0.2) is 4.98 Å². The highest BCUT2D eigenvalue weighted by molar-refractivity contribution is 4.93. The average Bonchev–Trinajstić information content (AvgIpc) is 2.77. The molecule has 108 valence electrons. The first-order valence-electron chi connectivity index (χ1n) is 7.56. The van der Waals surface area contributed by atoms with Gasteiger partial charge < -0.3 is 15.0 Å². The first kappa shape index (κ1) is 14.5. The summed E-state index contributed by atoms with van der Waals surface area (Å²) in [5, 5.41) is 13.9. The second-order valence-electron chi connectivity index (χ2n) is 6.07. The third-order valence-electron chi connectivity index (χ3n) is 4.07. The molecular weight excluding hydrogens is 238 g/mol. The minimum Gasteiger partial charge on any atom is -0.389 e. The molecule has 1 saturated carbocycles. The van der Waals surface area contributed by atoms with Crippen LogP contribution in [0, 0.1) is 5.92 Å². The van der Waals surface area contributed by atoms with Gasteiger partial charge in [-0.1, -0.05) is 26.7 Å². The maximum atomic E-state index is 10.6. The van der Waals surface area contributed by atoms with Crippen LogP contribution in [0.2, 0.25) is 0 Å². The first-order valence-corrected chi connectivity index (χ1v) is 7.56. The number of hydrogen-bond acceptors (Lipinski definition) is 3. The van der Waals surface area contributed by atoms with Crippen LogP contribution in [-0.4, -0.2) is 26.8 Å². The molecule has 4 nitrogen and oxygen atoms in total. The Balaban J connectivity index is 1.80. The van der Waals surface area contributed by atoms with Crippen LogP contribution in [0.15, 0.2) is 12.4 Å². The molecule has 4 heteroatoms. The van der Waals surface area contributed by atoms with Crippen molar-refractivity contribution in [2.45, 2.75) is 64.6 Å². The van der Waals surface area contributed by atoms with Crippen LogP contribution >= 0.6 is 0 Å². The van der Waals surface area contributed by atoms with Crippen LogP contribution in [0.4, 0.5) is 0 Å². The van der Waals surface area contributed by atoms with E-state index in [-0.39, 0.29) is 0 Å². The molecule has 0 saturated heterocycles. The van der Waals surface area contributed by atoms with Gasteiger partial charge in [0.2, 0.25) is 0 Å². The van der Waals surface area contributed by atoms with Crippen molar-refractivity contribution in [3.05, 3.63) is 18.2 Å².